The van der Waals surface area contributed by atoms with Crippen LogP contribution >= 0.6 is 0 Å². The summed E-state index contributed by atoms with van der Waals surface area (Å²) in [5.74, 6) is 1.20. The van der Waals surface area contributed by atoms with Gasteiger partial charge >= 0.3 is 0 Å². The van der Waals surface area contributed by atoms with Crippen molar-refractivity contribution < 1.29 is 17.9 Å². The Balaban J connectivity index is 1.79. The van der Waals surface area contributed by atoms with Gasteiger partial charge in [-0.05, 0) is 30.7 Å². The van der Waals surface area contributed by atoms with Gasteiger partial charge in [0.2, 0.25) is 10.0 Å². The smallest absolute Gasteiger partial charge is 0.241 e. The first kappa shape index (κ1) is 18.5. The van der Waals surface area contributed by atoms with Crippen molar-refractivity contribution in [3.63, 3.8) is 0 Å². The lowest BCUT2D eigenvalue weighted by Gasteiger charge is -2.26. The van der Waals surface area contributed by atoms with Crippen molar-refractivity contribution in [3.8, 4) is 11.5 Å². The van der Waals surface area contributed by atoms with Crippen molar-refractivity contribution >= 4 is 10.0 Å². The van der Waals surface area contributed by atoms with E-state index >= 15 is 0 Å². The van der Waals surface area contributed by atoms with E-state index in [1.165, 1.54) is 0 Å². The zero-order valence-electron chi connectivity index (χ0n) is 15.5. The third-order valence-electron chi connectivity index (χ3n) is 4.64. The molecule has 144 valence electrons. The molecule has 0 saturated heterocycles. The Bertz CT molecular complexity index is 1060. The Labute approximate surface area is 165 Å². The average Bonchev–Trinajstić information content (AvgIpc) is 2.73. The second-order valence-corrected chi connectivity index (χ2v) is 8.36. The number of ether oxygens (including phenoxy) is 2. The summed E-state index contributed by atoms with van der Waals surface area (Å²) in [6, 6.07) is 21.2. The summed E-state index contributed by atoms with van der Waals surface area (Å²) in [4.78, 5) is 0.223. The summed E-state index contributed by atoms with van der Waals surface area (Å²) in [6.07, 6.45) is 0. The molecule has 0 radical (unpaired) electrons. The molecule has 0 aliphatic carbocycles. The van der Waals surface area contributed by atoms with E-state index in [1.807, 2.05) is 55.5 Å². The van der Waals surface area contributed by atoms with E-state index in [-0.39, 0.29) is 4.90 Å². The largest absolute Gasteiger partial charge is 0.486 e. The van der Waals surface area contributed by atoms with Gasteiger partial charge in [0.25, 0.3) is 0 Å². The van der Waals surface area contributed by atoms with Crippen LogP contribution in [0, 0.1) is 6.92 Å². The van der Waals surface area contributed by atoms with Gasteiger partial charge in [-0.1, -0.05) is 60.2 Å². The fraction of sp³-hybridized carbons (Fsp3) is 0.182. The standard InChI is InChI=1S/C22H21NO4S/c1-16-10-12-18(13-11-16)28(24,25)23-21(17-6-3-2-4-7-17)19-8-5-9-20-22(19)27-15-14-26-20/h2-13,21,23H,14-15H2,1H3/t21-/m0/s1. The van der Waals surface area contributed by atoms with Gasteiger partial charge in [0.15, 0.2) is 11.5 Å². The highest BCUT2D eigenvalue weighted by atomic mass is 32.2. The zero-order chi connectivity index (χ0) is 19.6. The average molecular weight is 395 g/mol. The highest BCUT2D eigenvalue weighted by molar-refractivity contribution is 7.89. The first-order valence-electron chi connectivity index (χ1n) is 9.07. The van der Waals surface area contributed by atoms with Gasteiger partial charge in [-0.25, -0.2) is 8.42 Å². The van der Waals surface area contributed by atoms with Crippen LogP contribution in [0.1, 0.15) is 22.7 Å². The quantitative estimate of drug-likeness (QED) is 0.713. The molecule has 3 aromatic rings. The summed E-state index contributed by atoms with van der Waals surface area (Å²) in [5, 5.41) is 0. The molecule has 0 saturated carbocycles. The molecule has 0 bridgehead atoms. The fourth-order valence-corrected chi connectivity index (χ4v) is 4.42. The molecule has 0 amide bonds. The van der Waals surface area contributed by atoms with Gasteiger partial charge in [0.05, 0.1) is 10.9 Å². The zero-order valence-corrected chi connectivity index (χ0v) is 16.3. The van der Waals surface area contributed by atoms with Crippen LogP contribution in [0.4, 0.5) is 0 Å². The van der Waals surface area contributed by atoms with E-state index in [1.54, 1.807) is 24.3 Å². The Morgan fingerprint density at radius 3 is 2.32 bits per heavy atom. The van der Waals surface area contributed by atoms with Crippen LogP contribution in [0.15, 0.2) is 77.7 Å². The lowest BCUT2D eigenvalue weighted by atomic mass is 9.98. The first-order valence-corrected chi connectivity index (χ1v) is 10.6. The molecule has 6 heteroatoms. The van der Waals surface area contributed by atoms with E-state index in [0.29, 0.717) is 24.7 Å². The van der Waals surface area contributed by atoms with Crippen LogP contribution in [0.5, 0.6) is 11.5 Å². The van der Waals surface area contributed by atoms with E-state index in [0.717, 1.165) is 16.7 Å². The van der Waals surface area contributed by atoms with Crippen LogP contribution in [-0.2, 0) is 10.0 Å². The molecular formula is C22H21NO4S. The molecule has 0 aromatic heterocycles. The van der Waals surface area contributed by atoms with Crippen LogP contribution in [-0.4, -0.2) is 21.6 Å². The summed E-state index contributed by atoms with van der Waals surface area (Å²) in [5.41, 5.74) is 2.54. The minimum absolute atomic E-state index is 0.223. The minimum Gasteiger partial charge on any atom is -0.486 e. The third kappa shape index (κ3) is 3.74. The molecule has 1 aliphatic heterocycles. The Morgan fingerprint density at radius 2 is 1.57 bits per heavy atom. The van der Waals surface area contributed by atoms with Gasteiger partial charge in [-0.15, -0.1) is 0 Å². The molecule has 1 aliphatic rings. The number of rotatable bonds is 5. The van der Waals surface area contributed by atoms with Gasteiger partial charge in [0.1, 0.15) is 13.2 Å². The highest BCUT2D eigenvalue weighted by Gasteiger charge is 2.28. The number of benzene rings is 3. The number of fused-ring (bicyclic) bond motifs is 1. The Kier molecular flexibility index (Phi) is 5.07. The van der Waals surface area contributed by atoms with Crippen molar-refractivity contribution in [1.29, 1.82) is 0 Å². The van der Waals surface area contributed by atoms with Gasteiger partial charge in [-0.2, -0.15) is 4.72 Å². The van der Waals surface area contributed by atoms with Crippen LogP contribution in [0.25, 0.3) is 0 Å². The third-order valence-corrected chi connectivity index (χ3v) is 6.08. The van der Waals surface area contributed by atoms with Crippen LogP contribution in [0.3, 0.4) is 0 Å². The molecular weight excluding hydrogens is 374 g/mol. The van der Waals surface area contributed by atoms with E-state index < -0.39 is 16.1 Å². The first-order chi connectivity index (χ1) is 13.5. The van der Waals surface area contributed by atoms with Gasteiger partial charge in [0, 0.05) is 5.56 Å². The molecule has 3 aromatic carbocycles. The molecule has 5 nitrogen and oxygen atoms in total. The van der Waals surface area contributed by atoms with Crippen molar-refractivity contribution in [3.05, 3.63) is 89.5 Å². The second kappa shape index (κ2) is 7.66. The van der Waals surface area contributed by atoms with Crippen LogP contribution in [0.2, 0.25) is 0 Å². The predicted molar refractivity (Wildman–Crippen MR) is 107 cm³/mol. The maximum absolute atomic E-state index is 13.1. The molecule has 0 fully saturated rings. The molecule has 0 spiro atoms. The summed E-state index contributed by atoms with van der Waals surface area (Å²) < 4.78 is 40.5. The number of hydrogen-bond donors (Lipinski definition) is 1. The van der Waals surface area contributed by atoms with Crippen LogP contribution < -0.4 is 14.2 Å². The lowest BCUT2D eigenvalue weighted by Crippen LogP contribution is -2.30. The predicted octanol–water partition coefficient (Wildman–Crippen LogP) is 3.83. The lowest BCUT2D eigenvalue weighted by molar-refractivity contribution is 0.169. The Morgan fingerprint density at radius 1 is 0.857 bits per heavy atom. The molecule has 1 atom stereocenters. The molecule has 28 heavy (non-hydrogen) atoms. The summed E-state index contributed by atoms with van der Waals surface area (Å²) >= 11 is 0. The molecule has 4 rings (SSSR count). The van der Waals surface area contributed by atoms with Gasteiger partial charge < -0.3 is 9.47 Å². The maximum Gasteiger partial charge on any atom is 0.241 e. The van der Waals surface area contributed by atoms with Crippen molar-refractivity contribution in [2.75, 3.05) is 13.2 Å². The number of nitrogens with one attached hydrogen (secondary N) is 1. The van der Waals surface area contributed by atoms with E-state index in [9.17, 15) is 8.42 Å². The SMILES string of the molecule is Cc1ccc(S(=O)(=O)N[C@@H](c2ccccc2)c2cccc3c2OCCO3)cc1. The molecule has 0 unspecified atom stereocenters. The number of aryl methyl sites for hydroxylation is 1. The maximum atomic E-state index is 13.1. The monoisotopic (exact) mass is 395 g/mol. The number of hydrogen-bond acceptors (Lipinski definition) is 4. The summed E-state index contributed by atoms with van der Waals surface area (Å²) in [7, 11) is -3.75. The Hall–Kier alpha value is -2.83. The topological polar surface area (TPSA) is 64.6 Å². The number of para-hydroxylation sites is 1. The van der Waals surface area contributed by atoms with Crippen molar-refractivity contribution in [1.82, 2.24) is 4.72 Å². The van der Waals surface area contributed by atoms with Crippen molar-refractivity contribution in [2.45, 2.75) is 17.9 Å². The van der Waals surface area contributed by atoms with E-state index in [4.69, 9.17) is 9.47 Å². The minimum atomic E-state index is -3.75. The normalized spacial score (nSPS) is 14.5. The number of sulfonamides is 1. The van der Waals surface area contributed by atoms with Gasteiger partial charge in [-0.3, -0.25) is 0 Å². The second-order valence-electron chi connectivity index (χ2n) is 6.65. The molecule has 1 N–H and O–H groups in total. The van der Waals surface area contributed by atoms with Crippen molar-refractivity contribution in [2.24, 2.45) is 0 Å². The fourth-order valence-electron chi connectivity index (χ4n) is 3.22. The summed E-state index contributed by atoms with van der Waals surface area (Å²) in [6.45, 7) is 2.82. The van der Waals surface area contributed by atoms with E-state index in [2.05, 4.69) is 4.72 Å². The molecule has 1 heterocycles. The highest BCUT2D eigenvalue weighted by Crippen LogP contribution is 2.39.